The number of benzene rings is 1. The number of allylic oxidation sites excluding steroid dienone is 1. The lowest BCUT2D eigenvalue weighted by Crippen LogP contribution is -1.96. The zero-order valence-electron chi connectivity index (χ0n) is 9.07. The van der Waals surface area contributed by atoms with Gasteiger partial charge in [0.1, 0.15) is 0 Å². The van der Waals surface area contributed by atoms with E-state index in [4.69, 9.17) is 4.74 Å². The first-order valence-electron chi connectivity index (χ1n) is 4.64. The quantitative estimate of drug-likeness (QED) is 0.773. The molecule has 3 nitrogen and oxygen atoms in total. The Balaban J connectivity index is 3.38. The third-order valence-electron chi connectivity index (χ3n) is 2.06. The minimum Gasteiger partial charge on any atom is -0.504 e. The maximum Gasteiger partial charge on any atom is 0.168 e. The van der Waals surface area contributed by atoms with Gasteiger partial charge in [0.25, 0.3) is 0 Å². The van der Waals surface area contributed by atoms with Gasteiger partial charge in [-0.15, -0.1) is 0 Å². The highest BCUT2D eigenvalue weighted by molar-refractivity contribution is 5.98. The predicted molar refractivity (Wildman–Crippen MR) is 59.4 cm³/mol. The molecule has 0 saturated carbocycles. The van der Waals surface area contributed by atoms with Gasteiger partial charge in [-0.3, -0.25) is 4.79 Å². The van der Waals surface area contributed by atoms with E-state index in [1.54, 1.807) is 12.1 Å². The van der Waals surface area contributed by atoms with Crippen molar-refractivity contribution in [2.45, 2.75) is 13.8 Å². The molecule has 0 aliphatic heterocycles. The van der Waals surface area contributed by atoms with E-state index in [-0.39, 0.29) is 17.1 Å². The van der Waals surface area contributed by atoms with Crippen molar-refractivity contribution < 1.29 is 14.6 Å². The molecule has 0 atom stereocenters. The van der Waals surface area contributed by atoms with Gasteiger partial charge in [-0.25, -0.2) is 0 Å². The Hall–Kier alpha value is -1.77. The number of rotatable bonds is 3. The molecule has 1 rings (SSSR count). The van der Waals surface area contributed by atoms with Gasteiger partial charge in [-0.1, -0.05) is 12.2 Å². The SMILES string of the molecule is CC=Cc1cc(OC)c(O)c(C(C)=O)c1. The highest BCUT2D eigenvalue weighted by Gasteiger charge is 2.12. The molecule has 0 fully saturated rings. The van der Waals surface area contributed by atoms with Crippen LogP contribution in [0.25, 0.3) is 6.08 Å². The Labute approximate surface area is 89.0 Å². The first-order chi connectivity index (χ1) is 7.10. The van der Waals surface area contributed by atoms with E-state index in [1.807, 2.05) is 19.1 Å². The number of hydrogen-bond donors (Lipinski definition) is 1. The minimum atomic E-state index is -0.183. The summed E-state index contributed by atoms with van der Waals surface area (Å²) in [6, 6.07) is 3.32. The normalized spacial score (nSPS) is 10.6. The van der Waals surface area contributed by atoms with Crippen molar-refractivity contribution in [3.8, 4) is 11.5 Å². The second-order valence-corrected chi connectivity index (χ2v) is 3.18. The van der Waals surface area contributed by atoms with Gasteiger partial charge in [0, 0.05) is 0 Å². The molecule has 0 saturated heterocycles. The van der Waals surface area contributed by atoms with Gasteiger partial charge in [0.2, 0.25) is 0 Å². The lowest BCUT2D eigenvalue weighted by molar-refractivity contribution is 0.101. The number of methoxy groups -OCH3 is 1. The van der Waals surface area contributed by atoms with Gasteiger partial charge in [0.05, 0.1) is 12.7 Å². The van der Waals surface area contributed by atoms with Crippen LogP contribution in [0, 0.1) is 0 Å². The Bertz CT molecular complexity index is 406. The van der Waals surface area contributed by atoms with Crippen molar-refractivity contribution in [3.63, 3.8) is 0 Å². The van der Waals surface area contributed by atoms with Crippen LogP contribution in [0.5, 0.6) is 11.5 Å². The molecule has 1 N–H and O–H groups in total. The molecule has 80 valence electrons. The van der Waals surface area contributed by atoms with E-state index in [0.29, 0.717) is 5.75 Å². The molecule has 1 aromatic carbocycles. The first kappa shape index (κ1) is 11.3. The summed E-state index contributed by atoms with van der Waals surface area (Å²) >= 11 is 0. The molecule has 0 radical (unpaired) electrons. The van der Waals surface area contributed by atoms with E-state index in [0.717, 1.165) is 5.56 Å². The molecule has 0 bridgehead atoms. The van der Waals surface area contributed by atoms with Crippen LogP contribution in [0.15, 0.2) is 18.2 Å². The summed E-state index contributed by atoms with van der Waals surface area (Å²) in [5.41, 5.74) is 1.11. The number of phenols is 1. The lowest BCUT2D eigenvalue weighted by atomic mass is 10.1. The standard InChI is InChI=1S/C12H14O3/c1-4-5-9-6-10(8(2)13)12(14)11(7-9)15-3/h4-7,14H,1-3H3. The van der Waals surface area contributed by atoms with Crippen molar-refractivity contribution in [1.29, 1.82) is 0 Å². The third kappa shape index (κ3) is 2.37. The van der Waals surface area contributed by atoms with Crippen LogP contribution >= 0.6 is 0 Å². The summed E-state index contributed by atoms with van der Waals surface area (Å²) in [4.78, 5) is 11.3. The van der Waals surface area contributed by atoms with Gasteiger partial charge >= 0.3 is 0 Å². The topological polar surface area (TPSA) is 46.5 Å². The van der Waals surface area contributed by atoms with Crippen LogP contribution in [0.4, 0.5) is 0 Å². The minimum absolute atomic E-state index is 0.0988. The Morgan fingerprint density at radius 2 is 2.13 bits per heavy atom. The summed E-state index contributed by atoms with van der Waals surface area (Å²) in [7, 11) is 1.46. The highest BCUT2D eigenvalue weighted by atomic mass is 16.5. The number of Topliss-reactive ketones (excluding diaryl/α,β-unsaturated/α-hetero) is 1. The molecule has 0 unspecified atom stereocenters. The number of carbonyl (C=O) groups excluding carboxylic acids is 1. The summed E-state index contributed by atoms with van der Waals surface area (Å²) in [5, 5.41) is 9.68. The maximum atomic E-state index is 11.3. The number of carbonyl (C=O) groups is 1. The first-order valence-corrected chi connectivity index (χ1v) is 4.64. The fourth-order valence-electron chi connectivity index (χ4n) is 1.34. The van der Waals surface area contributed by atoms with Crippen LogP contribution in [0.2, 0.25) is 0 Å². The van der Waals surface area contributed by atoms with Gasteiger partial charge in [0.15, 0.2) is 17.3 Å². The lowest BCUT2D eigenvalue weighted by Gasteiger charge is -2.08. The maximum absolute atomic E-state index is 11.3. The molecule has 1 aromatic rings. The van der Waals surface area contributed by atoms with E-state index in [1.165, 1.54) is 14.0 Å². The van der Waals surface area contributed by atoms with Crippen molar-refractivity contribution in [2.24, 2.45) is 0 Å². The zero-order chi connectivity index (χ0) is 11.4. The number of ketones is 1. The van der Waals surface area contributed by atoms with Crippen molar-refractivity contribution >= 4 is 11.9 Å². The van der Waals surface area contributed by atoms with Crippen molar-refractivity contribution in [2.75, 3.05) is 7.11 Å². The molecule has 0 amide bonds. The van der Waals surface area contributed by atoms with Gasteiger partial charge in [-0.2, -0.15) is 0 Å². The van der Waals surface area contributed by atoms with Crippen molar-refractivity contribution in [3.05, 3.63) is 29.3 Å². The predicted octanol–water partition coefficient (Wildman–Crippen LogP) is 2.64. The molecule has 0 aliphatic rings. The molecule has 0 spiro atoms. The largest absolute Gasteiger partial charge is 0.504 e. The Morgan fingerprint density at radius 3 is 2.60 bits per heavy atom. The fourth-order valence-corrected chi connectivity index (χ4v) is 1.34. The number of phenolic OH excluding ortho intramolecular Hbond substituents is 1. The van der Waals surface area contributed by atoms with Gasteiger partial charge < -0.3 is 9.84 Å². The van der Waals surface area contributed by atoms with Crippen LogP contribution in [-0.4, -0.2) is 18.0 Å². The average Bonchev–Trinajstić information content (AvgIpc) is 2.20. The second kappa shape index (κ2) is 4.64. The molecule has 0 heterocycles. The summed E-state index contributed by atoms with van der Waals surface area (Å²) in [5.74, 6) is 0.0335. The van der Waals surface area contributed by atoms with Crippen LogP contribution in [0.3, 0.4) is 0 Å². The van der Waals surface area contributed by atoms with Crippen molar-refractivity contribution in [1.82, 2.24) is 0 Å². The highest BCUT2D eigenvalue weighted by Crippen LogP contribution is 2.32. The summed E-state index contributed by atoms with van der Waals surface area (Å²) in [6.07, 6.45) is 3.70. The monoisotopic (exact) mass is 206 g/mol. The Kier molecular flexibility index (Phi) is 3.50. The van der Waals surface area contributed by atoms with Crippen LogP contribution in [0.1, 0.15) is 29.8 Å². The molecule has 3 heteroatoms. The van der Waals surface area contributed by atoms with Crippen LogP contribution < -0.4 is 4.74 Å². The smallest absolute Gasteiger partial charge is 0.168 e. The summed E-state index contributed by atoms with van der Waals surface area (Å²) in [6.45, 7) is 3.29. The van der Waals surface area contributed by atoms with E-state index >= 15 is 0 Å². The molecule has 15 heavy (non-hydrogen) atoms. The average molecular weight is 206 g/mol. The molecular weight excluding hydrogens is 192 g/mol. The fraction of sp³-hybridized carbons (Fsp3) is 0.250. The third-order valence-corrected chi connectivity index (χ3v) is 2.06. The zero-order valence-corrected chi connectivity index (χ0v) is 9.07. The van der Waals surface area contributed by atoms with E-state index < -0.39 is 0 Å². The molecular formula is C12H14O3. The number of ether oxygens (including phenoxy) is 1. The van der Waals surface area contributed by atoms with E-state index in [9.17, 15) is 9.90 Å². The molecule has 0 aliphatic carbocycles. The van der Waals surface area contributed by atoms with E-state index in [2.05, 4.69) is 0 Å². The van der Waals surface area contributed by atoms with Gasteiger partial charge in [-0.05, 0) is 31.5 Å². The van der Waals surface area contributed by atoms with Crippen LogP contribution in [-0.2, 0) is 0 Å². The Morgan fingerprint density at radius 1 is 1.47 bits per heavy atom. The summed E-state index contributed by atoms with van der Waals surface area (Å²) < 4.78 is 4.99. The second-order valence-electron chi connectivity index (χ2n) is 3.18. The number of aromatic hydroxyl groups is 1. The number of hydrogen-bond acceptors (Lipinski definition) is 3. The molecule has 0 aromatic heterocycles.